The molecule has 0 spiro atoms. The molecule has 1 aliphatic carbocycles. The molecule has 0 radical (unpaired) electrons. The molecule has 2 fully saturated rings. The van der Waals surface area contributed by atoms with Gasteiger partial charge in [0.2, 0.25) is 12.3 Å². The molecule has 2 atom stereocenters. The lowest BCUT2D eigenvalue weighted by atomic mass is 9.84. The van der Waals surface area contributed by atoms with Crippen LogP contribution >= 0.6 is 0 Å². The number of aliphatic imine (C=N–C) groups is 2. The number of carbonyl (C=O) groups excluding carboxylic acids is 3. The maximum absolute atomic E-state index is 11.9. The highest BCUT2D eigenvalue weighted by Gasteiger charge is 2.33. The zero-order valence-electron chi connectivity index (χ0n) is 26.4. The van der Waals surface area contributed by atoms with E-state index in [0.29, 0.717) is 50.5 Å². The van der Waals surface area contributed by atoms with Crippen molar-refractivity contribution in [3.05, 3.63) is 0 Å². The summed E-state index contributed by atoms with van der Waals surface area (Å²) < 4.78 is 0. The number of aliphatic carboxylic acids is 1. The zero-order valence-corrected chi connectivity index (χ0v) is 26.4. The Balaban J connectivity index is 0. The van der Waals surface area contributed by atoms with Crippen molar-refractivity contribution in [2.45, 2.75) is 119 Å². The number of amides is 3. The topological polar surface area (TPSA) is 141 Å². The van der Waals surface area contributed by atoms with E-state index in [4.69, 9.17) is 5.11 Å². The average molecular weight is 568 g/mol. The first kappa shape index (κ1) is 39.4. The quantitative estimate of drug-likeness (QED) is 0.388. The summed E-state index contributed by atoms with van der Waals surface area (Å²) in [6.45, 7) is 18.5. The second-order valence-corrected chi connectivity index (χ2v) is 10.5. The molecular weight excluding hydrogens is 510 g/mol. The lowest BCUT2D eigenvalue weighted by Gasteiger charge is -2.28. The van der Waals surface area contributed by atoms with E-state index in [1.807, 2.05) is 13.8 Å². The lowest BCUT2D eigenvalue weighted by molar-refractivity contribution is -0.147. The van der Waals surface area contributed by atoms with Gasteiger partial charge in [-0.25, -0.2) is 4.79 Å². The van der Waals surface area contributed by atoms with Gasteiger partial charge in [0.05, 0.1) is 25.8 Å². The minimum Gasteiger partial charge on any atom is -0.480 e. The Hall–Kier alpha value is -2.78. The van der Waals surface area contributed by atoms with E-state index in [1.165, 1.54) is 43.4 Å². The normalized spacial score (nSPS) is 18.5. The first-order valence-corrected chi connectivity index (χ1v) is 15.1. The van der Waals surface area contributed by atoms with Crippen molar-refractivity contribution >= 4 is 36.1 Å². The third kappa shape index (κ3) is 18.5. The highest BCUT2D eigenvalue weighted by molar-refractivity contribution is 6.60. The largest absolute Gasteiger partial charge is 0.480 e. The number of nitrogens with zero attached hydrogens (tertiary/aromatic N) is 3. The van der Waals surface area contributed by atoms with E-state index < -0.39 is 12.0 Å². The van der Waals surface area contributed by atoms with E-state index >= 15 is 0 Å². The predicted molar refractivity (Wildman–Crippen MR) is 164 cm³/mol. The Morgan fingerprint density at radius 2 is 1.60 bits per heavy atom. The van der Waals surface area contributed by atoms with Crippen LogP contribution in [-0.2, 0) is 19.2 Å². The van der Waals surface area contributed by atoms with Crippen molar-refractivity contribution in [1.82, 2.24) is 15.5 Å². The van der Waals surface area contributed by atoms with E-state index in [2.05, 4.69) is 62.2 Å². The second kappa shape index (κ2) is 25.2. The van der Waals surface area contributed by atoms with Gasteiger partial charge in [-0.1, -0.05) is 74.1 Å². The Morgan fingerprint density at radius 1 is 1.02 bits per heavy atom. The number of hydrogen-bond donors (Lipinski definition) is 3. The maximum atomic E-state index is 11.9. The van der Waals surface area contributed by atoms with Crippen LogP contribution in [-0.4, -0.2) is 84.4 Å². The fourth-order valence-corrected chi connectivity index (χ4v) is 4.14. The van der Waals surface area contributed by atoms with Crippen LogP contribution in [0.4, 0.5) is 0 Å². The molecule has 2 aliphatic heterocycles. The van der Waals surface area contributed by atoms with Crippen LogP contribution in [0.1, 0.15) is 107 Å². The molecule has 0 aromatic heterocycles. The Labute approximate surface area is 242 Å². The Bertz CT molecular complexity index is 761. The zero-order chi connectivity index (χ0) is 30.9. The highest BCUT2D eigenvalue weighted by Crippen LogP contribution is 2.26. The van der Waals surface area contributed by atoms with E-state index in [-0.39, 0.29) is 24.4 Å². The minimum atomic E-state index is -0.984. The van der Waals surface area contributed by atoms with Crippen molar-refractivity contribution in [1.29, 1.82) is 0 Å². The average Bonchev–Trinajstić information content (AvgIpc) is 3.45. The Morgan fingerprint density at radius 3 is 2.08 bits per heavy atom. The molecule has 40 heavy (non-hydrogen) atoms. The number of hydrogen-bond acceptors (Lipinski definition) is 6. The molecule has 1 saturated heterocycles. The van der Waals surface area contributed by atoms with Crippen molar-refractivity contribution in [2.75, 3.05) is 26.2 Å². The monoisotopic (exact) mass is 567 g/mol. The number of carbonyl (C=O) groups is 4. The van der Waals surface area contributed by atoms with Crippen LogP contribution in [0, 0.1) is 11.8 Å². The highest BCUT2D eigenvalue weighted by atomic mass is 16.4. The summed E-state index contributed by atoms with van der Waals surface area (Å²) in [6, 6.07) is -0.475. The van der Waals surface area contributed by atoms with Gasteiger partial charge in [-0.3, -0.25) is 24.4 Å². The van der Waals surface area contributed by atoms with Gasteiger partial charge in [-0.05, 0) is 44.4 Å². The standard InChI is InChI=1S/C13H21N3O.C8H12N2O4.C4H10.C3H8.C2H6/c1-10(11-5-3-2-4-6-11)16-13(17)12-9-14-7-8-15-12;11-5-9-4-7(12)10-3-1-2-6(10)8(13)14;1-4(2)3;1-3-2;1-2/h9-11H,2-8H2,1H3,(H,16,17);5-6H,1-4H2,(H,9,11)(H,13,14);4H,1-3H3;3H2,1-2H3;1-2H3. The summed E-state index contributed by atoms with van der Waals surface area (Å²) in [7, 11) is 0. The summed E-state index contributed by atoms with van der Waals surface area (Å²) in [5, 5.41) is 14.1. The lowest BCUT2D eigenvalue weighted by Crippen LogP contribution is -2.44. The molecule has 2 unspecified atom stereocenters. The van der Waals surface area contributed by atoms with Gasteiger partial charge in [-0.2, -0.15) is 0 Å². The molecule has 3 N–H and O–H groups in total. The predicted octanol–water partition coefficient (Wildman–Crippen LogP) is 4.51. The van der Waals surface area contributed by atoms with E-state index in [0.717, 1.165) is 5.92 Å². The third-order valence-corrected chi connectivity index (χ3v) is 5.87. The number of carboxylic acids is 1. The van der Waals surface area contributed by atoms with E-state index in [1.54, 1.807) is 6.21 Å². The summed E-state index contributed by atoms with van der Waals surface area (Å²) >= 11 is 0. The van der Waals surface area contributed by atoms with Crippen molar-refractivity contribution < 1.29 is 24.3 Å². The number of rotatable bonds is 7. The summed E-state index contributed by atoms with van der Waals surface area (Å²) in [5.41, 5.74) is 0.485. The molecule has 0 aromatic carbocycles. The van der Waals surface area contributed by atoms with Crippen molar-refractivity contribution in [3.63, 3.8) is 0 Å². The molecule has 10 nitrogen and oxygen atoms in total. The smallest absolute Gasteiger partial charge is 0.326 e. The molecule has 0 bridgehead atoms. The molecule has 232 valence electrons. The van der Waals surface area contributed by atoms with Crippen LogP contribution in [0.15, 0.2) is 9.98 Å². The molecule has 3 aliphatic rings. The second-order valence-electron chi connectivity index (χ2n) is 10.5. The van der Waals surface area contributed by atoms with Gasteiger partial charge < -0.3 is 20.6 Å². The van der Waals surface area contributed by atoms with Crippen LogP contribution in [0.25, 0.3) is 0 Å². The molecule has 1 saturated carbocycles. The number of nitrogens with one attached hydrogen (secondary N) is 2. The van der Waals surface area contributed by atoms with E-state index in [9.17, 15) is 19.2 Å². The van der Waals surface area contributed by atoms with Crippen LogP contribution in [0.3, 0.4) is 0 Å². The maximum Gasteiger partial charge on any atom is 0.326 e. The molecular formula is C30H57N5O5. The van der Waals surface area contributed by atoms with Gasteiger partial charge >= 0.3 is 5.97 Å². The first-order valence-electron chi connectivity index (χ1n) is 15.1. The van der Waals surface area contributed by atoms with Gasteiger partial charge in [0, 0.05) is 12.6 Å². The molecule has 3 amide bonds. The van der Waals surface area contributed by atoms with Gasteiger partial charge in [0.1, 0.15) is 11.8 Å². The Kier molecular flexibility index (Phi) is 24.8. The van der Waals surface area contributed by atoms with Crippen LogP contribution in [0.5, 0.6) is 0 Å². The fourth-order valence-electron chi connectivity index (χ4n) is 4.14. The first-order chi connectivity index (χ1) is 19.1. The van der Waals surface area contributed by atoms with Gasteiger partial charge in [0.25, 0.3) is 5.91 Å². The summed E-state index contributed by atoms with van der Waals surface area (Å²) in [5.74, 6) is 0.0734. The summed E-state index contributed by atoms with van der Waals surface area (Å²) in [4.78, 5) is 53.5. The molecule has 10 heteroatoms. The van der Waals surface area contributed by atoms with Gasteiger partial charge in [0.15, 0.2) is 0 Å². The SMILES string of the molecule is CC.CC(C)C.CC(NC(=O)C1=NCCN=C1)C1CCCCC1.CCC.O=CNCC(=O)N1CCCC1C(=O)O. The van der Waals surface area contributed by atoms with Crippen LogP contribution < -0.4 is 10.6 Å². The molecule has 2 heterocycles. The molecule has 3 rings (SSSR count). The fraction of sp³-hybridized carbons (Fsp3) is 0.800. The van der Waals surface area contributed by atoms with Crippen molar-refractivity contribution in [3.8, 4) is 0 Å². The van der Waals surface area contributed by atoms with Gasteiger partial charge in [-0.15, -0.1) is 0 Å². The minimum absolute atomic E-state index is 0.0634. The summed E-state index contributed by atoms with van der Waals surface area (Å²) in [6.07, 6.45) is 10.9. The van der Waals surface area contributed by atoms with Crippen LogP contribution in [0.2, 0.25) is 0 Å². The van der Waals surface area contributed by atoms with Crippen molar-refractivity contribution in [2.24, 2.45) is 21.8 Å². The number of likely N-dealkylation sites (tertiary alicyclic amines) is 1. The number of carboxylic acid groups (broad SMARTS) is 1. The molecule has 0 aromatic rings. The third-order valence-electron chi connectivity index (χ3n) is 5.87.